The molecule has 1 fully saturated rings. The lowest BCUT2D eigenvalue weighted by molar-refractivity contribution is 0.0839. The monoisotopic (exact) mass is 278 g/mol. The van der Waals surface area contributed by atoms with Crippen LogP contribution in [0.1, 0.15) is 32.4 Å². The smallest absolute Gasteiger partial charge is 0.162 e. The molecule has 4 nitrogen and oxygen atoms in total. The Kier molecular flexibility index (Phi) is 4.55. The Hall–Kier alpha value is -1.26. The van der Waals surface area contributed by atoms with E-state index in [2.05, 4.69) is 31.0 Å². The van der Waals surface area contributed by atoms with Gasteiger partial charge >= 0.3 is 0 Å². The summed E-state index contributed by atoms with van der Waals surface area (Å²) < 4.78 is 5.25. The first-order valence-electron chi connectivity index (χ1n) is 7.26. The Morgan fingerprint density at radius 1 is 1.25 bits per heavy atom. The highest BCUT2D eigenvalue weighted by molar-refractivity contribution is 5.47. The summed E-state index contributed by atoms with van der Waals surface area (Å²) in [6.07, 6.45) is 0. The third kappa shape index (κ3) is 3.07. The van der Waals surface area contributed by atoms with Gasteiger partial charge in [0.1, 0.15) is 0 Å². The van der Waals surface area contributed by atoms with Gasteiger partial charge in [-0.1, -0.05) is 32.9 Å². The molecule has 20 heavy (non-hydrogen) atoms. The molecule has 0 aliphatic carbocycles. The number of hydrogen-bond donors (Lipinski definition) is 2. The molecule has 1 aliphatic rings. The summed E-state index contributed by atoms with van der Waals surface area (Å²) in [5.41, 5.74) is 1.00. The number of hydrogen-bond acceptors (Lipinski definition) is 4. The molecule has 0 saturated carbocycles. The van der Waals surface area contributed by atoms with Gasteiger partial charge in [0, 0.05) is 37.8 Å². The molecule has 0 radical (unpaired) electrons. The number of nitrogens with one attached hydrogen (secondary N) is 1. The summed E-state index contributed by atoms with van der Waals surface area (Å²) in [5, 5.41) is 13.9. The normalized spacial score (nSPS) is 18.8. The largest absolute Gasteiger partial charge is 0.504 e. The summed E-state index contributed by atoms with van der Waals surface area (Å²) in [5.74, 6) is 0.820. The molecule has 112 valence electrons. The summed E-state index contributed by atoms with van der Waals surface area (Å²) >= 11 is 0. The zero-order valence-electron chi connectivity index (χ0n) is 12.9. The summed E-state index contributed by atoms with van der Waals surface area (Å²) in [6, 6.07) is 5.95. The molecule has 2 N–H and O–H groups in total. The maximum atomic E-state index is 10.5. The van der Waals surface area contributed by atoms with E-state index in [0.717, 1.165) is 31.7 Å². The second-order valence-corrected chi connectivity index (χ2v) is 6.45. The van der Waals surface area contributed by atoms with Gasteiger partial charge in [-0.05, 0) is 11.5 Å². The Bertz CT molecular complexity index is 448. The topological polar surface area (TPSA) is 44.7 Å². The number of phenolic OH excluding ortho intramolecular Hbond substituents is 1. The van der Waals surface area contributed by atoms with E-state index in [1.54, 1.807) is 13.2 Å². The number of piperazine rings is 1. The molecule has 1 atom stereocenters. The number of phenols is 1. The summed E-state index contributed by atoms with van der Waals surface area (Å²) in [7, 11) is 1.59. The highest BCUT2D eigenvalue weighted by Gasteiger charge is 2.34. The first-order chi connectivity index (χ1) is 9.45. The van der Waals surface area contributed by atoms with E-state index < -0.39 is 0 Å². The molecule has 1 saturated heterocycles. The lowest BCUT2D eigenvalue weighted by Crippen LogP contribution is -2.48. The van der Waals surface area contributed by atoms with Gasteiger partial charge in [0.05, 0.1) is 7.11 Å². The minimum Gasteiger partial charge on any atom is -0.504 e. The Balaban J connectivity index is 2.41. The molecule has 1 heterocycles. The molecule has 4 heteroatoms. The van der Waals surface area contributed by atoms with Crippen molar-refractivity contribution < 1.29 is 9.84 Å². The number of para-hydroxylation sites is 1. The predicted molar refractivity (Wildman–Crippen MR) is 81.3 cm³/mol. The molecule has 0 aromatic heterocycles. The Labute approximate surface area is 121 Å². The van der Waals surface area contributed by atoms with E-state index >= 15 is 0 Å². The van der Waals surface area contributed by atoms with Crippen molar-refractivity contribution in [3.8, 4) is 11.5 Å². The minimum absolute atomic E-state index is 0.0428. The van der Waals surface area contributed by atoms with Crippen molar-refractivity contribution in [2.45, 2.75) is 26.8 Å². The minimum atomic E-state index is 0.0428. The van der Waals surface area contributed by atoms with Crippen molar-refractivity contribution in [3.63, 3.8) is 0 Å². The van der Waals surface area contributed by atoms with E-state index in [4.69, 9.17) is 4.74 Å². The standard InChI is InChI=1S/C16H26N2O2/c1-16(2,3)15(18-10-8-17-9-11-18)12-6-5-7-13(20-4)14(12)19/h5-7,15,17,19H,8-11H2,1-4H3/t15-/m0/s1. The van der Waals surface area contributed by atoms with E-state index in [-0.39, 0.29) is 17.2 Å². The van der Waals surface area contributed by atoms with Gasteiger partial charge in [-0.3, -0.25) is 4.90 Å². The summed E-state index contributed by atoms with van der Waals surface area (Å²) in [6.45, 7) is 10.7. The van der Waals surface area contributed by atoms with Gasteiger partial charge in [0.2, 0.25) is 0 Å². The second kappa shape index (κ2) is 6.02. The Morgan fingerprint density at radius 3 is 2.45 bits per heavy atom. The van der Waals surface area contributed by atoms with Crippen LogP contribution >= 0.6 is 0 Å². The third-order valence-corrected chi connectivity index (χ3v) is 3.88. The summed E-state index contributed by atoms with van der Waals surface area (Å²) in [4.78, 5) is 2.45. The highest BCUT2D eigenvalue weighted by Crippen LogP contribution is 2.44. The molecule has 0 unspecified atom stereocenters. The van der Waals surface area contributed by atoms with E-state index in [9.17, 15) is 5.11 Å². The van der Waals surface area contributed by atoms with Crippen LogP contribution in [0.15, 0.2) is 18.2 Å². The zero-order chi connectivity index (χ0) is 14.8. The second-order valence-electron chi connectivity index (χ2n) is 6.45. The van der Waals surface area contributed by atoms with Crippen molar-refractivity contribution >= 4 is 0 Å². The fourth-order valence-electron chi connectivity index (χ4n) is 3.08. The molecule has 1 aromatic carbocycles. The van der Waals surface area contributed by atoms with Gasteiger partial charge in [-0.25, -0.2) is 0 Å². The molecule has 2 rings (SSSR count). The molecule has 0 spiro atoms. The third-order valence-electron chi connectivity index (χ3n) is 3.88. The fourth-order valence-corrected chi connectivity index (χ4v) is 3.08. The Morgan fingerprint density at radius 2 is 1.90 bits per heavy atom. The van der Waals surface area contributed by atoms with Gasteiger partial charge < -0.3 is 15.2 Å². The van der Waals surface area contributed by atoms with Crippen molar-refractivity contribution in [2.75, 3.05) is 33.3 Å². The van der Waals surface area contributed by atoms with Crippen molar-refractivity contribution in [3.05, 3.63) is 23.8 Å². The zero-order valence-corrected chi connectivity index (χ0v) is 12.9. The number of aromatic hydroxyl groups is 1. The van der Waals surface area contributed by atoms with Gasteiger partial charge in [0.25, 0.3) is 0 Å². The average molecular weight is 278 g/mol. The average Bonchev–Trinajstić information content (AvgIpc) is 2.41. The van der Waals surface area contributed by atoms with Crippen LogP contribution in [0.2, 0.25) is 0 Å². The van der Waals surface area contributed by atoms with Crippen molar-refractivity contribution in [2.24, 2.45) is 5.41 Å². The lowest BCUT2D eigenvalue weighted by atomic mass is 9.80. The van der Waals surface area contributed by atoms with E-state index in [0.29, 0.717) is 5.75 Å². The lowest BCUT2D eigenvalue weighted by Gasteiger charge is -2.42. The van der Waals surface area contributed by atoms with Crippen LogP contribution in [0.4, 0.5) is 0 Å². The first-order valence-corrected chi connectivity index (χ1v) is 7.26. The van der Waals surface area contributed by atoms with Crippen LogP contribution in [0.25, 0.3) is 0 Å². The number of ether oxygens (including phenoxy) is 1. The van der Waals surface area contributed by atoms with Gasteiger partial charge in [0.15, 0.2) is 11.5 Å². The molecule has 1 aromatic rings. The van der Waals surface area contributed by atoms with Crippen LogP contribution in [0, 0.1) is 5.41 Å². The molecular weight excluding hydrogens is 252 g/mol. The van der Waals surface area contributed by atoms with Crippen LogP contribution < -0.4 is 10.1 Å². The number of nitrogens with zero attached hydrogens (tertiary/aromatic N) is 1. The SMILES string of the molecule is COc1cccc([C@H](N2CCNCC2)C(C)(C)C)c1O. The van der Waals surface area contributed by atoms with Crippen molar-refractivity contribution in [1.29, 1.82) is 0 Å². The maximum Gasteiger partial charge on any atom is 0.162 e. The molecule has 0 amide bonds. The molecule has 0 bridgehead atoms. The predicted octanol–water partition coefficient (Wildman–Crippen LogP) is 2.39. The highest BCUT2D eigenvalue weighted by atomic mass is 16.5. The van der Waals surface area contributed by atoms with E-state index in [1.165, 1.54) is 0 Å². The van der Waals surface area contributed by atoms with Gasteiger partial charge in [-0.2, -0.15) is 0 Å². The van der Waals surface area contributed by atoms with Gasteiger partial charge in [-0.15, -0.1) is 0 Å². The fraction of sp³-hybridized carbons (Fsp3) is 0.625. The molecular formula is C16H26N2O2. The van der Waals surface area contributed by atoms with Crippen LogP contribution in [0.5, 0.6) is 11.5 Å². The van der Waals surface area contributed by atoms with Crippen LogP contribution in [-0.2, 0) is 0 Å². The number of methoxy groups -OCH3 is 1. The number of benzene rings is 1. The molecule has 1 aliphatic heterocycles. The maximum absolute atomic E-state index is 10.5. The quantitative estimate of drug-likeness (QED) is 0.891. The van der Waals surface area contributed by atoms with Crippen LogP contribution in [0.3, 0.4) is 0 Å². The number of rotatable bonds is 3. The van der Waals surface area contributed by atoms with E-state index in [1.807, 2.05) is 12.1 Å². The first kappa shape index (κ1) is 15.1. The van der Waals surface area contributed by atoms with Crippen molar-refractivity contribution in [1.82, 2.24) is 10.2 Å². The van der Waals surface area contributed by atoms with Crippen LogP contribution in [-0.4, -0.2) is 43.3 Å².